The molecule has 0 unspecified atom stereocenters. The molecular formula is C14H20N4O. The molecule has 5 nitrogen and oxygen atoms in total. The summed E-state index contributed by atoms with van der Waals surface area (Å²) in [6, 6.07) is 7.87. The lowest BCUT2D eigenvalue weighted by molar-refractivity contribution is 0.150. The van der Waals surface area contributed by atoms with E-state index >= 15 is 0 Å². The molecule has 102 valence electrons. The highest BCUT2D eigenvalue weighted by atomic mass is 16.1. The number of aromatic amines is 1. The molecule has 1 aromatic heterocycles. The standard InChI is InChI=1S/C14H20N4O/c1-16-6-8-17(9-7-16)10-11-18-13-5-3-2-4-12(13)15-14(18)19/h2-5H,6-11H2,1H3,(H,15,19). The van der Waals surface area contributed by atoms with E-state index in [0.29, 0.717) is 0 Å². The van der Waals surface area contributed by atoms with Gasteiger partial charge in [0.2, 0.25) is 0 Å². The van der Waals surface area contributed by atoms with Gasteiger partial charge >= 0.3 is 5.69 Å². The van der Waals surface area contributed by atoms with Crippen molar-refractivity contribution in [3.63, 3.8) is 0 Å². The van der Waals surface area contributed by atoms with Crippen molar-refractivity contribution in [2.45, 2.75) is 6.54 Å². The van der Waals surface area contributed by atoms with Crippen LogP contribution in [0.5, 0.6) is 0 Å². The van der Waals surface area contributed by atoms with Crippen LogP contribution in [0.3, 0.4) is 0 Å². The van der Waals surface area contributed by atoms with Gasteiger partial charge in [-0.25, -0.2) is 4.79 Å². The molecule has 3 rings (SSSR count). The Bertz CT molecular complexity index is 607. The summed E-state index contributed by atoms with van der Waals surface area (Å²) in [5, 5.41) is 0. The predicted octanol–water partition coefficient (Wildman–Crippen LogP) is 0.577. The fourth-order valence-electron chi connectivity index (χ4n) is 2.64. The molecule has 1 saturated heterocycles. The monoisotopic (exact) mass is 260 g/mol. The van der Waals surface area contributed by atoms with E-state index in [4.69, 9.17) is 0 Å². The molecule has 5 heteroatoms. The molecule has 0 aliphatic carbocycles. The Morgan fingerprint density at radius 1 is 1.11 bits per heavy atom. The number of hydrogen-bond donors (Lipinski definition) is 1. The molecule has 1 aliphatic heterocycles. The van der Waals surface area contributed by atoms with Crippen molar-refractivity contribution in [2.24, 2.45) is 0 Å². The van der Waals surface area contributed by atoms with E-state index in [1.165, 1.54) is 0 Å². The molecule has 1 aliphatic rings. The second-order valence-corrected chi connectivity index (χ2v) is 5.24. The first-order chi connectivity index (χ1) is 9.24. The van der Waals surface area contributed by atoms with Gasteiger partial charge in [-0.3, -0.25) is 9.47 Å². The van der Waals surface area contributed by atoms with Crippen LogP contribution in [-0.4, -0.2) is 59.1 Å². The van der Waals surface area contributed by atoms with Crippen molar-refractivity contribution in [1.29, 1.82) is 0 Å². The van der Waals surface area contributed by atoms with Gasteiger partial charge in [0.05, 0.1) is 11.0 Å². The number of likely N-dealkylation sites (N-methyl/N-ethyl adjacent to an activating group) is 1. The van der Waals surface area contributed by atoms with Crippen LogP contribution in [0.2, 0.25) is 0 Å². The third-order valence-corrected chi connectivity index (χ3v) is 3.92. The van der Waals surface area contributed by atoms with Crippen molar-refractivity contribution >= 4 is 11.0 Å². The number of hydrogen-bond acceptors (Lipinski definition) is 3. The molecule has 2 aromatic rings. The minimum absolute atomic E-state index is 0.00433. The molecule has 0 spiro atoms. The number of para-hydroxylation sites is 2. The lowest BCUT2D eigenvalue weighted by atomic mass is 10.3. The van der Waals surface area contributed by atoms with E-state index in [1.807, 2.05) is 28.8 Å². The summed E-state index contributed by atoms with van der Waals surface area (Å²) in [5.41, 5.74) is 1.92. The van der Waals surface area contributed by atoms with Crippen molar-refractivity contribution in [3.05, 3.63) is 34.7 Å². The first kappa shape index (κ1) is 12.4. The number of rotatable bonds is 3. The van der Waals surface area contributed by atoms with Gasteiger partial charge in [-0.15, -0.1) is 0 Å². The van der Waals surface area contributed by atoms with Crippen LogP contribution in [0.15, 0.2) is 29.1 Å². The highest BCUT2D eigenvalue weighted by Crippen LogP contribution is 2.09. The van der Waals surface area contributed by atoms with Gasteiger partial charge < -0.3 is 9.88 Å². The molecule has 0 atom stereocenters. The highest BCUT2D eigenvalue weighted by Gasteiger charge is 2.14. The van der Waals surface area contributed by atoms with Crippen LogP contribution in [0.25, 0.3) is 11.0 Å². The molecule has 2 heterocycles. The molecule has 0 radical (unpaired) electrons. The summed E-state index contributed by atoms with van der Waals surface area (Å²) in [6.07, 6.45) is 0. The Kier molecular flexibility index (Phi) is 3.40. The van der Waals surface area contributed by atoms with Crippen LogP contribution < -0.4 is 5.69 Å². The second-order valence-electron chi connectivity index (χ2n) is 5.24. The maximum absolute atomic E-state index is 11.9. The molecular weight excluding hydrogens is 240 g/mol. The number of fused-ring (bicyclic) bond motifs is 1. The largest absolute Gasteiger partial charge is 0.326 e. The van der Waals surface area contributed by atoms with Crippen molar-refractivity contribution in [3.8, 4) is 0 Å². The first-order valence-corrected chi connectivity index (χ1v) is 6.82. The number of H-pyrrole nitrogens is 1. The average Bonchev–Trinajstić information content (AvgIpc) is 2.74. The van der Waals surface area contributed by atoms with Crippen LogP contribution in [-0.2, 0) is 6.54 Å². The van der Waals surface area contributed by atoms with Gasteiger partial charge in [-0.05, 0) is 19.2 Å². The van der Waals surface area contributed by atoms with Gasteiger partial charge in [0, 0.05) is 39.3 Å². The number of aromatic nitrogens is 2. The molecule has 1 N–H and O–H groups in total. The second kappa shape index (κ2) is 5.19. The van der Waals surface area contributed by atoms with Crippen molar-refractivity contribution in [2.75, 3.05) is 39.8 Å². The van der Waals surface area contributed by atoms with E-state index in [0.717, 1.165) is 50.3 Å². The van der Waals surface area contributed by atoms with Crippen molar-refractivity contribution in [1.82, 2.24) is 19.4 Å². The molecule has 1 aromatic carbocycles. The molecule has 0 bridgehead atoms. The first-order valence-electron chi connectivity index (χ1n) is 6.82. The van der Waals surface area contributed by atoms with Crippen LogP contribution in [0.1, 0.15) is 0 Å². The fraction of sp³-hybridized carbons (Fsp3) is 0.500. The Morgan fingerprint density at radius 3 is 2.63 bits per heavy atom. The minimum atomic E-state index is -0.00433. The molecule has 0 saturated carbocycles. The summed E-state index contributed by atoms with van der Waals surface area (Å²) in [6.45, 7) is 6.11. The lowest BCUT2D eigenvalue weighted by Crippen LogP contribution is -2.45. The van der Waals surface area contributed by atoms with Gasteiger partial charge in [0.15, 0.2) is 0 Å². The zero-order valence-electron chi connectivity index (χ0n) is 11.3. The normalized spacial score (nSPS) is 18.2. The van der Waals surface area contributed by atoms with Gasteiger partial charge in [-0.1, -0.05) is 12.1 Å². The summed E-state index contributed by atoms with van der Waals surface area (Å²) in [4.78, 5) is 19.6. The molecule has 0 amide bonds. The zero-order valence-corrected chi connectivity index (χ0v) is 11.3. The number of piperazine rings is 1. The third-order valence-electron chi connectivity index (χ3n) is 3.92. The van der Waals surface area contributed by atoms with Gasteiger partial charge in [0.1, 0.15) is 0 Å². The summed E-state index contributed by atoms with van der Waals surface area (Å²) in [5.74, 6) is 0. The number of benzene rings is 1. The quantitative estimate of drug-likeness (QED) is 0.878. The average molecular weight is 260 g/mol. The maximum Gasteiger partial charge on any atom is 0.326 e. The lowest BCUT2D eigenvalue weighted by Gasteiger charge is -2.32. The molecule has 1 fully saturated rings. The van der Waals surface area contributed by atoms with E-state index in [9.17, 15) is 4.79 Å². The van der Waals surface area contributed by atoms with E-state index in [2.05, 4.69) is 21.8 Å². The Labute approximate surface area is 112 Å². The third kappa shape index (κ3) is 2.57. The Hall–Kier alpha value is -1.59. The van der Waals surface area contributed by atoms with E-state index < -0.39 is 0 Å². The smallest absolute Gasteiger partial charge is 0.306 e. The zero-order chi connectivity index (χ0) is 13.2. The summed E-state index contributed by atoms with van der Waals surface area (Å²) < 4.78 is 1.84. The Balaban J connectivity index is 1.72. The fourth-order valence-corrected chi connectivity index (χ4v) is 2.64. The molecule has 19 heavy (non-hydrogen) atoms. The van der Waals surface area contributed by atoms with Crippen molar-refractivity contribution < 1.29 is 0 Å². The highest BCUT2D eigenvalue weighted by molar-refractivity contribution is 5.74. The number of nitrogens with one attached hydrogen (secondary N) is 1. The topological polar surface area (TPSA) is 44.3 Å². The Morgan fingerprint density at radius 2 is 1.84 bits per heavy atom. The van der Waals surface area contributed by atoms with Crippen LogP contribution in [0.4, 0.5) is 0 Å². The predicted molar refractivity (Wildman–Crippen MR) is 76.5 cm³/mol. The number of imidazole rings is 1. The van der Waals surface area contributed by atoms with E-state index in [1.54, 1.807) is 0 Å². The summed E-state index contributed by atoms with van der Waals surface area (Å²) in [7, 11) is 2.15. The van der Waals surface area contributed by atoms with Crippen LogP contribution >= 0.6 is 0 Å². The minimum Gasteiger partial charge on any atom is -0.306 e. The number of nitrogens with zero attached hydrogens (tertiary/aromatic N) is 3. The SMILES string of the molecule is CN1CCN(CCn2c(=O)[nH]c3ccccc32)CC1. The maximum atomic E-state index is 11.9. The van der Waals surface area contributed by atoms with Gasteiger partial charge in [0.25, 0.3) is 0 Å². The summed E-state index contributed by atoms with van der Waals surface area (Å²) >= 11 is 0. The van der Waals surface area contributed by atoms with Gasteiger partial charge in [-0.2, -0.15) is 0 Å². The van der Waals surface area contributed by atoms with E-state index in [-0.39, 0.29) is 5.69 Å². The van der Waals surface area contributed by atoms with Crippen LogP contribution in [0, 0.1) is 0 Å².